The van der Waals surface area contributed by atoms with E-state index in [0.717, 1.165) is 11.3 Å². The van der Waals surface area contributed by atoms with Crippen LogP contribution in [0.25, 0.3) is 5.65 Å². The van der Waals surface area contributed by atoms with Gasteiger partial charge in [-0.2, -0.15) is 0 Å². The minimum Gasteiger partial charge on any atom is -0.304 e. The van der Waals surface area contributed by atoms with Gasteiger partial charge in [0, 0.05) is 23.0 Å². The maximum atomic E-state index is 10.2. The Balaban J connectivity index is 2.29. The lowest BCUT2D eigenvalue weighted by Gasteiger charge is -1.97. The van der Waals surface area contributed by atoms with Crippen LogP contribution in [0.3, 0.4) is 0 Å². The second-order valence-corrected chi connectivity index (χ2v) is 2.98. The van der Waals surface area contributed by atoms with Gasteiger partial charge in [-0.15, -0.1) is 0 Å². The summed E-state index contributed by atoms with van der Waals surface area (Å²) in [6, 6.07) is 5.64. The van der Waals surface area contributed by atoms with E-state index in [4.69, 9.17) is 0 Å². The van der Waals surface area contributed by atoms with Crippen molar-refractivity contribution >= 4 is 5.65 Å². The minimum absolute atomic E-state index is 0.0529. The Morgan fingerprint density at radius 3 is 3.14 bits per heavy atom. The lowest BCUT2D eigenvalue weighted by Crippen LogP contribution is -2.05. The number of fused-ring (bicyclic) bond motifs is 1. The van der Waals surface area contributed by atoms with Gasteiger partial charge in [0.05, 0.1) is 6.42 Å². The quantitative estimate of drug-likeness (QED) is 0.540. The van der Waals surface area contributed by atoms with Gasteiger partial charge in [0.25, 0.3) is 0 Å². The van der Waals surface area contributed by atoms with Crippen molar-refractivity contribution in [2.75, 3.05) is 6.54 Å². The maximum Gasteiger partial charge on any atom is 0.209 e. The fraction of sp³-hybridized carbons (Fsp3) is 0.222. The SMILES string of the molecule is O=[N+]([O-])CCc1cnc2ccccn12. The summed E-state index contributed by atoms with van der Waals surface area (Å²) in [6.07, 6.45) is 3.95. The lowest BCUT2D eigenvalue weighted by atomic mass is 10.3. The highest BCUT2D eigenvalue weighted by atomic mass is 16.6. The number of pyridine rings is 1. The number of hydrogen-bond acceptors (Lipinski definition) is 3. The van der Waals surface area contributed by atoms with E-state index in [0.29, 0.717) is 6.42 Å². The third kappa shape index (κ3) is 1.56. The summed E-state index contributed by atoms with van der Waals surface area (Å²) in [4.78, 5) is 14.0. The van der Waals surface area contributed by atoms with E-state index >= 15 is 0 Å². The Morgan fingerprint density at radius 2 is 2.36 bits per heavy atom. The molecule has 0 aromatic carbocycles. The van der Waals surface area contributed by atoms with Crippen molar-refractivity contribution < 1.29 is 4.92 Å². The first-order valence-electron chi connectivity index (χ1n) is 4.30. The smallest absolute Gasteiger partial charge is 0.209 e. The van der Waals surface area contributed by atoms with Crippen molar-refractivity contribution in [3.8, 4) is 0 Å². The predicted octanol–water partition coefficient (Wildman–Crippen LogP) is 1.15. The van der Waals surface area contributed by atoms with Crippen LogP contribution in [0, 0.1) is 10.1 Å². The summed E-state index contributed by atoms with van der Waals surface area (Å²) >= 11 is 0. The molecule has 0 aliphatic carbocycles. The van der Waals surface area contributed by atoms with Gasteiger partial charge in [-0.05, 0) is 12.1 Å². The van der Waals surface area contributed by atoms with Crippen LogP contribution in [0.1, 0.15) is 5.69 Å². The molecule has 0 N–H and O–H groups in total. The molecule has 0 fully saturated rings. The van der Waals surface area contributed by atoms with Crippen LogP contribution in [0.5, 0.6) is 0 Å². The van der Waals surface area contributed by atoms with Crippen LogP contribution in [0.15, 0.2) is 30.6 Å². The highest BCUT2D eigenvalue weighted by Gasteiger charge is 2.05. The van der Waals surface area contributed by atoms with E-state index in [-0.39, 0.29) is 11.5 Å². The average molecular weight is 191 g/mol. The number of nitro groups is 1. The van der Waals surface area contributed by atoms with Gasteiger partial charge in [-0.3, -0.25) is 10.1 Å². The molecular weight excluding hydrogens is 182 g/mol. The minimum atomic E-state index is -0.317. The fourth-order valence-electron chi connectivity index (χ4n) is 1.38. The largest absolute Gasteiger partial charge is 0.304 e. The highest BCUT2D eigenvalue weighted by Crippen LogP contribution is 2.06. The van der Waals surface area contributed by atoms with Gasteiger partial charge in [-0.1, -0.05) is 6.07 Å². The Bertz CT molecular complexity index is 464. The van der Waals surface area contributed by atoms with E-state index in [1.54, 1.807) is 6.20 Å². The van der Waals surface area contributed by atoms with Crippen LogP contribution in [0.2, 0.25) is 0 Å². The zero-order valence-corrected chi connectivity index (χ0v) is 7.46. The van der Waals surface area contributed by atoms with Gasteiger partial charge >= 0.3 is 0 Å². The van der Waals surface area contributed by atoms with E-state index in [1.807, 2.05) is 28.8 Å². The van der Waals surface area contributed by atoms with Crippen molar-refractivity contribution in [2.45, 2.75) is 6.42 Å². The molecular formula is C9H9N3O2. The van der Waals surface area contributed by atoms with Crippen LogP contribution >= 0.6 is 0 Å². The third-order valence-electron chi connectivity index (χ3n) is 2.04. The lowest BCUT2D eigenvalue weighted by molar-refractivity contribution is -0.479. The molecule has 5 heteroatoms. The Morgan fingerprint density at radius 1 is 1.50 bits per heavy atom. The molecule has 2 rings (SSSR count). The molecule has 0 spiro atoms. The molecule has 0 radical (unpaired) electrons. The summed E-state index contributed by atoms with van der Waals surface area (Å²) in [6.45, 7) is -0.0529. The summed E-state index contributed by atoms with van der Waals surface area (Å²) in [5, 5.41) is 10.2. The first kappa shape index (κ1) is 8.68. The second-order valence-electron chi connectivity index (χ2n) is 2.98. The topological polar surface area (TPSA) is 60.4 Å². The van der Waals surface area contributed by atoms with E-state index in [2.05, 4.69) is 4.98 Å². The Labute approximate surface area is 80.2 Å². The second kappa shape index (κ2) is 3.45. The number of nitrogens with zero attached hydrogens (tertiary/aromatic N) is 3. The monoisotopic (exact) mass is 191 g/mol. The molecule has 5 nitrogen and oxygen atoms in total. The molecule has 0 bridgehead atoms. The molecule has 2 aromatic rings. The molecule has 0 aliphatic heterocycles. The summed E-state index contributed by atoms with van der Waals surface area (Å²) in [7, 11) is 0. The standard InChI is InChI=1S/C9H9N3O2/c13-12(14)6-4-8-7-10-9-3-1-2-5-11(8)9/h1-3,5,7H,4,6H2. The molecule has 0 atom stereocenters. The van der Waals surface area contributed by atoms with Crippen LogP contribution in [0.4, 0.5) is 0 Å². The highest BCUT2D eigenvalue weighted by molar-refractivity contribution is 5.39. The van der Waals surface area contributed by atoms with Gasteiger partial charge < -0.3 is 4.40 Å². The van der Waals surface area contributed by atoms with Crippen molar-refractivity contribution in [1.29, 1.82) is 0 Å². The van der Waals surface area contributed by atoms with Gasteiger partial charge in [0.15, 0.2) is 0 Å². The van der Waals surface area contributed by atoms with Crippen molar-refractivity contribution in [2.24, 2.45) is 0 Å². The van der Waals surface area contributed by atoms with Gasteiger partial charge in [0.1, 0.15) is 5.65 Å². The van der Waals surface area contributed by atoms with E-state index in [1.165, 1.54) is 0 Å². The van der Waals surface area contributed by atoms with Crippen molar-refractivity contribution in [3.05, 3.63) is 46.4 Å². The summed E-state index contributed by atoms with van der Waals surface area (Å²) in [5.41, 5.74) is 1.70. The zero-order valence-electron chi connectivity index (χ0n) is 7.46. The van der Waals surface area contributed by atoms with E-state index < -0.39 is 0 Å². The molecule has 2 aromatic heterocycles. The van der Waals surface area contributed by atoms with Gasteiger partial charge in [-0.25, -0.2) is 4.98 Å². The molecule has 14 heavy (non-hydrogen) atoms. The van der Waals surface area contributed by atoms with Crippen LogP contribution < -0.4 is 0 Å². The Hall–Kier alpha value is -1.91. The summed E-state index contributed by atoms with van der Waals surface area (Å²) in [5.74, 6) is 0. The predicted molar refractivity (Wildman–Crippen MR) is 50.8 cm³/mol. The van der Waals surface area contributed by atoms with Crippen LogP contribution in [-0.2, 0) is 6.42 Å². The first-order chi connectivity index (χ1) is 6.77. The maximum absolute atomic E-state index is 10.2. The fourth-order valence-corrected chi connectivity index (χ4v) is 1.38. The van der Waals surface area contributed by atoms with Crippen molar-refractivity contribution in [1.82, 2.24) is 9.38 Å². The molecule has 72 valence electrons. The van der Waals surface area contributed by atoms with Crippen LogP contribution in [-0.4, -0.2) is 20.9 Å². The zero-order chi connectivity index (χ0) is 9.97. The molecule has 0 unspecified atom stereocenters. The average Bonchev–Trinajstić information content (AvgIpc) is 2.58. The summed E-state index contributed by atoms with van der Waals surface area (Å²) < 4.78 is 1.86. The number of imidazole rings is 1. The molecule has 0 amide bonds. The molecule has 0 aliphatic rings. The molecule has 0 saturated heterocycles. The number of aromatic nitrogens is 2. The normalized spacial score (nSPS) is 10.6. The number of rotatable bonds is 3. The molecule has 0 saturated carbocycles. The van der Waals surface area contributed by atoms with E-state index in [9.17, 15) is 10.1 Å². The molecule has 2 heterocycles. The van der Waals surface area contributed by atoms with Gasteiger partial charge in [0.2, 0.25) is 6.54 Å². The Kier molecular flexibility index (Phi) is 2.14. The first-order valence-corrected chi connectivity index (χ1v) is 4.30. The van der Waals surface area contributed by atoms with Crippen molar-refractivity contribution in [3.63, 3.8) is 0 Å². The third-order valence-corrected chi connectivity index (χ3v) is 2.04. The number of hydrogen-bond donors (Lipinski definition) is 0.